The van der Waals surface area contributed by atoms with Crippen LogP contribution in [0.4, 0.5) is 5.69 Å². The number of rotatable bonds is 4. The van der Waals surface area contributed by atoms with E-state index in [1.54, 1.807) is 30.3 Å². The topological polar surface area (TPSA) is 67.8 Å². The van der Waals surface area contributed by atoms with E-state index in [4.69, 9.17) is 0 Å². The van der Waals surface area contributed by atoms with Crippen LogP contribution in [0.5, 0.6) is 0 Å². The number of nitrogens with one attached hydrogen (secondary N) is 1. The highest BCUT2D eigenvalue weighted by molar-refractivity contribution is 8.18. The van der Waals surface area contributed by atoms with Gasteiger partial charge in [-0.05, 0) is 53.6 Å². The number of thioether (sulfide) groups is 1. The number of benzene rings is 2. The lowest BCUT2D eigenvalue weighted by molar-refractivity contribution is -0.115. The predicted octanol–water partition coefficient (Wildman–Crippen LogP) is 3.93. The summed E-state index contributed by atoms with van der Waals surface area (Å²) in [4.78, 5) is 28.8. The maximum atomic E-state index is 12.2. The van der Waals surface area contributed by atoms with Crippen molar-refractivity contribution in [2.75, 3.05) is 7.11 Å². The molecule has 1 aliphatic heterocycles. The Balaban J connectivity index is 1.80. The van der Waals surface area contributed by atoms with Crippen molar-refractivity contribution in [1.82, 2.24) is 5.32 Å². The van der Waals surface area contributed by atoms with Crippen molar-refractivity contribution in [3.63, 3.8) is 0 Å². The zero-order chi connectivity index (χ0) is 18.5. The fourth-order valence-electron chi connectivity index (χ4n) is 2.49. The Morgan fingerprint density at radius 2 is 1.92 bits per heavy atom. The summed E-state index contributed by atoms with van der Waals surface area (Å²) >= 11 is 1.30. The summed E-state index contributed by atoms with van der Waals surface area (Å²) in [5, 5.41) is 3.36. The number of esters is 1. The number of carbonyl (C=O) groups excluding carboxylic acids is 2. The summed E-state index contributed by atoms with van der Waals surface area (Å²) in [7, 11) is 1.34. The number of ether oxygens (including phenoxy) is 1. The summed E-state index contributed by atoms with van der Waals surface area (Å²) in [6.07, 6.45) is 2.65. The van der Waals surface area contributed by atoms with E-state index in [-0.39, 0.29) is 11.9 Å². The number of hydrogen-bond donors (Lipinski definition) is 1. The van der Waals surface area contributed by atoms with Gasteiger partial charge in [0.15, 0.2) is 5.17 Å². The second-order valence-electron chi connectivity index (χ2n) is 5.58. The molecule has 0 saturated carbocycles. The molecule has 0 bridgehead atoms. The van der Waals surface area contributed by atoms with E-state index in [0.717, 1.165) is 23.2 Å². The molecule has 6 heteroatoms. The molecule has 0 atom stereocenters. The van der Waals surface area contributed by atoms with Crippen LogP contribution in [-0.2, 0) is 16.0 Å². The zero-order valence-electron chi connectivity index (χ0n) is 14.5. The fraction of sp³-hybridized carbons (Fsp3) is 0.150. The number of aliphatic imine (C=N–C) groups is 1. The normalized spacial score (nSPS) is 16.8. The quantitative estimate of drug-likeness (QED) is 0.658. The van der Waals surface area contributed by atoms with E-state index in [1.165, 1.54) is 18.9 Å². The summed E-state index contributed by atoms with van der Waals surface area (Å²) in [5.74, 6) is -0.569. The minimum absolute atomic E-state index is 0.181. The second-order valence-corrected chi connectivity index (χ2v) is 6.61. The lowest BCUT2D eigenvalue weighted by Gasteiger charge is -2.02. The maximum Gasteiger partial charge on any atom is 0.337 e. The molecule has 0 radical (unpaired) electrons. The highest BCUT2D eigenvalue weighted by Gasteiger charge is 2.24. The predicted molar refractivity (Wildman–Crippen MR) is 104 cm³/mol. The first-order valence-corrected chi connectivity index (χ1v) is 8.98. The van der Waals surface area contributed by atoms with Crippen LogP contribution < -0.4 is 5.32 Å². The van der Waals surface area contributed by atoms with E-state index in [2.05, 4.69) is 22.0 Å². The first-order valence-electron chi connectivity index (χ1n) is 8.16. The molecule has 5 nitrogen and oxygen atoms in total. The van der Waals surface area contributed by atoms with Crippen LogP contribution in [0.25, 0.3) is 6.08 Å². The van der Waals surface area contributed by atoms with Gasteiger partial charge in [-0.2, -0.15) is 0 Å². The number of hydrogen-bond acceptors (Lipinski definition) is 5. The average molecular weight is 366 g/mol. The third-order valence-corrected chi connectivity index (χ3v) is 4.78. The van der Waals surface area contributed by atoms with Gasteiger partial charge in [-0.15, -0.1) is 0 Å². The number of para-hydroxylation sites is 1. The van der Waals surface area contributed by atoms with Crippen molar-refractivity contribution >= 4 is 40.6 Å². The van der Waals surface area contributed by atoms with E-state index in [0.29, 0.717) is 15.6 Å². The largest absolute Gasteiger partial charge is 0.465 e. The Hall–Kier alpha value is -2.86. The van der Waals surface area contributed by atoms with Gasteiger partial charge < -0.3 is 10.1 Å². The SMILES string of the molecule is CCc1ccccc1N=C1NC(=O)C(=Cc2ccc(C(=O)OC)cc2)S1. The first kappa shape index (κ1) is 17.9. The van der Waals surface area contributed by atoms with Crippen LogP contribution in [0.15, 0.2) is 58.4 Å². The second kappa shape index (κ2) is 8.01. The minimum atomic E-state index is -0.388. The molecular weight excluding hydrogens is 348 g/mol. The monoisotopic (exact) mass is 366 g/mol. The van der Waals surface area contributed by atoms with Gasteiger partial charge >= 0.3 is 5.97 Å². The fourth-order valence-corrected chi connectivity index (χ4v) is 3.33. The molecule has 0 aliphatic carbocycles. The van der Waals surface area contributed by atoms with Crippen molar-refractivity contribution in [3.8, 4) is 0 Å². The van der Waals surface area contributed by atoms with E-state index in [9.17, 15) is 9.59 Å². The molecule has 0 aromatic heterocycles. The Morgan fingerprint density at radius 1 is 1.19 bits per heavy atom. The number of carbonyl (C=O) groups is 2. The Morgan fingerprint density at radius 3 is 2.62 bits per heavy atom. The number of amidine groups is 1. The molecule has 2 aromatic rings. The molecule has 1 amide bonds. The molecule has 132 valence electrons. The molecular formula is C20H18N2O3S. The van der Waals surface area contributed by atoms with Gasteiger partial charge in [0.2, 0.25) is 0 Å². The van der Waals surface area contributed by atoms with Gasteiger partial charge in [0.25, 0.3) is 5.91 Å². The Labute approximate surface area is 156 Å². The molecule has 1 saturated heterocycles. The van der Waals surface area contributed by atoms with Gasteiger partial charge in [0, 0.05) is 0 Å². The lowest BCUT2D eigenvalue weighted by Crippen LogP contribution is -2.19. The third-order valence-electron chi connectivity index (χ3n) is 3.87. The summed E-state index contributed by atoms with van der Waals surface area (Å²) in [5.41, 5.74) is 3.29. The van der Waals surface area contributed by atoms with Crippen molar-refractivity contribution in [2.24, 2.45) is 4.99 Å². The number of aryl methyl sites for hydroxylation is 1. The van der Waals surface area contributed by atoms with Crippen LogP contribution in [0, 0.1) is 0 Å². The summed E-state index contributed by atoms with van der Waals surface area (Å²) < 4.78 is 4.68. The first-order chi connectivity index (χ1) is 12.6. The van der Waals surface area contributed by atoms with Gasteiger partial charge in [0.1, 0.15) is 0 Å². The van der Waals surface area contributed by atoms with Crippen molar-refractivity contribution in [1.29, 1.82) is 0 Å². The Kier molecular flexibility index (Phi) is 5.53. The summed E-state index contributed by atoms with van der Waals surface area (Å²) in [6.45, 7) is 2.07. The molecule has 1 N–H and O–H groups in total. The number of methoxy groups -OCH3 is 1. The molecule has 0 spiro atoms. The highest BCUT2D eigenvalue weighted by Crippen LogP contribution is 2.29. The lowest BCUT2D eigenvalue weighted by atomic mass is 10.1. The van der Waals surface area contributed by atoms with Gasteiger partial charge in [0.05, 0.1) is 23.3 Å². The molecule has 1 fully saturated rings. The zero-order valence-corrected chi connectivity index (χ0v) is 15.3. The standard InChI is InChI=1S/C20H18N2O3S/c1-3-14-6-4-5-7-16(14)21-20-22-18(23)17(26-20)12-13-8-10-15(11-9-13)19(24)25-2/h4-12H,3H2,1-2H3,(H,21,22,23). The molecule has 1 heterocycles. The van der Waals surface area contributed by atoms with E-state index < -0.39 is 0 Å². The smallest absolute Gasteiger partial charge is 0.337 e. The molecule has 26 heavy (non-hydrogen) atoms. The number of amides is 1. The molecule has 0 unspecified atom stereocenters. The Bertz CT molecular complexity index is 902. The van der Waals surface area contributed by atoms with Crippen LogP contribution in [0.3, 0.4) is 0 Å². The van der Waals surface area contributed by atoms with Gasteiger partial charge in [-0.3, -0.25) is 4.79 Å². The van der Waals surface area contributed by atoms with Gasteiger partial charge in [-0.25, -0.2) is 9.79 Å². The molecule has 2 aromatic carbocycles. The minimum Gasteiger partial charge on any atom is -0.465 e. The molecule has 1 aliphatic rings. The van der Waals surface area contributed by atoms with E-state index >= 15 is 0 Å². The molecule has 3 rings (SSSR count). The van der Waals surface area contributed by atoms with Crippen molar-refractivity contribution in [3.05, 3.63) is 70.1 Å². The summed E-state index contributed by atoms with van der Waals surface area (Å²) in [6, 6.07) is 14.8. The number of nitrogens with zero attached hydrogens (tertiary/aromatic N) is 1. The van der Waals surface area contributed by atoms with Crippen molar-refractivity contribution < 1.29 is 14.3 Å². The van der Waals surface area contributed by atoms with Gasteiger partial charge in [-0.1, -0.05) is 37.3 Å². The maximum absolute atomic E-state index is 12.2. The highest BCUT2D eigenvalue weighted by atomic mass is 32.2. The van der Waals surface area contributed by atoms with Crippen LogP contribution in [0.1, 0.15) is 28.4 Å². The van der Waals surface area contributed by atoms with Crippen LogP contribution >= 0.6 is 11.8 Å². The third kappa shape index (κ3) is 4.03. The van der Waals surface area contributed by atoms with Crippen molar-refractivity contribution in [2.45, 2.75) is 13.3 Å². The van der Waals surface area contributed by atoms with E-state index in [1.807, 2.05) is 24.3 Å². The van der Waals surface area contributed by atoms with Crippen LogP contribution in [-0.4, -0.2) is 24.2 Å². The van der Waals surface area contributed by atoms with Crippen LogP contribution in [0.2, 0.25) is 0 Å². The average Bonchev–Trinajstić information content (AvgIpc) is 3.01.